The lowest BCUT2D eigenvalue weighted by Gasteiger charge is -2.27. The second-order valence-corrected chi connectivity index (χ2v) is 8.04. The minimum absolute atomic E-state index is 0.132. The van der Waals surface area contributed by atoms with E-state index in [1.54, 1.807) is 12.1 Å². The lowest BCUT2D eigenvalue weighted by Crippen LogP contribution is -2.37. The summed E-state index contributed by atoms with van der Waals surface area (Å²) in [5.74, 6) is 0.887. The van der Waals surface area contributed by atoms with Gasteiger partial charge in [-0.3, -0.25) is 19.5 Å². The molecule has 11 heteroatoms. The van der Waals surface area contributed by atoms with Crippen LogP contribution in [-0.2, 0) is 9.53 Å². The number of ether oxygens (including phenoxy) is 1. The first-order valence-electron chi connectivity index (χ1n) is 10.1. The molecule has 1 aliphatic heterocycles. The van der Waals surface area contributed by atoms with Crippen LogP contribution in [0.15, 0.2) is 59.8 Å². The number of aromatic nitrogens is 3. The standard InChI is InChI=1S/C21H22N6O4S/c28-19(22-17-8-4-5-9-18(17)27(29)30)10-15-32-21-24-23-20(25-11-13-31-14-12-25)26(21)16-6-2-1-3-7-16/h1-9H,10-15H2,(H,22,28). The Morgan fingerprint density at radius 1 is 1.09 bits per heavy atom. The van der Waals surface area contributed by atoms with Crippen LogP contribution in [0.25, 0.3) is 5.69 Å². The topological polar surface area (TPSA) is 115 Å². The van der Waals surface area contributed by atoms with E-state index >= 15 is 0 Å². The van der Waals surface area contributed by atoms with E-state index < -0.39 is 4.92 Å². The van der Waals surface area contributed by atoms with Gasteiger partial charge in [0.15, 0.2) is 5.16 Å². The third kappa shape index (κ3) is 5.06. The van der Waals surface area contributed by atoms with Crippen molar-refractivity contribution < 1.29 is 14.5 Å². The van der Waals surface area contributed by atoms with Gasteiger partial charge in [-0.25, -0.2) is 0 Å². The summed E-state index contributed by atoms with van der Waals surface area (Å²) in [7, 11) is 0. The van der Waals surface area contributed by atoms with Crippen LogP contribution in [0.4, 0.5) is 17.3 Å². The first-order valence-corrected chi connectivity index (χ1v) is 11.1. The minimum atomic E-state index is -0.514. The zero-order valence-electron chi connectivity index (χ0n) is 17.2. The minimum Gasteiger partial charge on any atom is -0.378 e. The van der Waals surface area contributed by atoms with Gasteiger partial charge in [-0.2, -0.15) is 0 Å². The molecule has 0 bridgehead atoms. The Hall–Kier alpha value is -3.44. The average molecular weight is 455 g/mol. The Balaban J connectivity index is 1.45. The first-order chi connectivity index (χ1) is 15.6. The lowest BCUT2D eigenvalue weighted by molar-refractivity contribution is -0.383. The number of anilines is 2. The van der Waals surface area contributed by atoms with E-state index in [9.17, 15) is 14.9 Å². The highest BCUT2D eigenvalue weighted by Gasteiger charge is 2.22. The molecule has 1 amide bonds. The Morgan fingerprint density at radius 2 is 1.81 bits per heavy atom. The number of nitrogens with zero attached hydrogens (tertiary/aromatic N) is 5. The number of hydrogen-bond acceptors (Lipinski definition) is 8. The second kappa shape index (κ2) is 10.2. The first kappa shape index (κ1) is 21.8. The summed E-state index contributed by atoms with van der Waals surface area (Å²) in [4.78, 5) is 25.1. The van der Waals surface area contributed by atoms with Gasteiger partial charge in [-0.15, -0.1) is 10.2 Å². The van der Waals surface area contributed by atoms with E-state index in [4.69, 9.17) is 4.74 Å². The SMILES string of the molecule is O=C(CCSc1nnc(N2CCOCC2)n1-c1ccccc1)Nc1ccccc1[N+](=O)[O-]. The summed E-state index contributed by atoms with van der Waals surface area (Å²) in [6.45, 7) is 2.73. The highest BCUT2D eigenvalue weighted by Crippen LogP contribution is 2.28. The van der Waals surface area contributed by atoms with Crippen molar-refractivity contribution in [2.75, 3.05) is 42.3 Å². The molecule has 2 heterocycles. The van der Waals surface area contributed by atoms with Crippen LogP contribution in [0.2, 0.25) is 0 Å². The molecule has 0 unspecified atom stereocenters. The molecule has 32 heavy (non-hydrogen) atoms. The maximum atomic E-state index is 12.4. The fourth-order valence-corrected chi connectivity index (χ4v) is 4.20. The van der Waals surface area contributed by atoms with Gasteiger partial charge in [0.2, 0.25) is 11.9 Å². The Morgan fingerprint density at radius 3 is 2.56 bits per heavy atom. The monoisotopic (exact) mass is 454 g/mol. The molecule has 10 nitrogen and oxygen atoms in total. The van der Waals surface area contributed by atoms with Crippen LogP contribution in [0.1, 0.15) is 6.42 Å². The van der Waals surface area contributed by atoms with Gasteiger partial charge in [0.25, 0.3) is 5.69 Å². The smallest absolute Gasteiger partial charge is 0.292 e. The molecule has 1 saturated heterocycles. The molecule has 1 N–H and O–H groups in total. The summed E-state index contributed by atoms with van der Waals surface area (Å²) in [6, 6.07) is 15.9. The molecule has 1 aliphatic rings. The Bertz CT molecular complexity index is 1080. The van der Waals surface area contributed by atoms with Crippen molar-refractivity contribution >= 4 is 35.0 Å². The highest BCUT2D eigenvalue weighted by atomic mass is 32.2. The predicted molar refractivity (Wildman–Crippen MR) is 121 cm³/mol. The summed E-state index contributed by atoms with van der Waals surface area (Å²) in [5, 5.41) is 23.2. The molecule has 1 aromatic heterocycles. The van der Waals surface area contributed by atoms with Crippen LogP contribution in [-0.4, -0.2) is 57.7 Å². The molecule has 3 aromatic rings. The van der Waals surface area contributed by atoms with Gasteiger partial charge in [0.1, 0.15) is 5.69 Å². The van der Waals surface area contributed by atoms with Crippen LogP contribution in [0.3, 0.4) is 0 Å². The number of nitro groups is 1. The van der Waals surface area contributed by atoms with Crippen molar-refractivity contribution in [2.45, 2.75) is 11.6 Å². The quantitative estimate of drug-likeness (QED) is 0.314. The maximum absolute atomic E-state index is 12.4. The largest absolute Gasteiger partial charge is 0.378 e. The van der Waals surface area contributed by atoms with E-state index in [2.05, 4.69) is 20.4 Å². The molecule has 0 aliphatic carbocycles. The number of benzene rings is 2. The number of thioether (sulfide) groups is 1. The second-order valence-electron chi connectivity index (χ2n) is 6.97. The van der Waals surface area contributed by atoms with Crippen LogP contribution in [0, 0.1) is 10.1 Å². The van der Waals surface area contributed by atoms with Crippen molar-refractivity contribution in [3.05, 3.63) is 64.7 Å². The third-order valence-electron chi connectivity index (χ3n) is 4.86. The van der Waals surface area contributed by atoms with Gasteiger partial charge in [-0.05, 0) is 18.2 Å². The normalized spacial score (nSPS) is 13.7. The molecule has 0 atom stereocenters. The number of para-hydroxylation sites is 3. The van der Waals surface area contributed by atoms with Gasteiger partial charge >= 0.3 is 0 Å². The molecule has 1 fully saturated rings. The molecule has 0 spiro atoms. The fraction of sp³-hybridized carbons (Fsp3) is 0.286. The summed E-state index contributed by atoms with van der Waals surface area (Å²) in [6.07, 6.45) is 0.172. The van der Waals surface area contributed by atoms with Crippen LogP contribution in [0.5, 0.6) is 0 Å². The molecular formula is C21H22N6O4S. The molecule has 0 saturated carbocycles. The van der Waals surface area contributed by atoms with Crippen molar-refractivity contribution in [3.63, 3.8) is 0 Å². The van der Waals surface area contributed by atoms with Crippen molar-refractivity contribution in [1.29, 1.82) is 0 Å². The van der Waals surface area contributed by atoms with Gasteiger partial charge in [0.05, 0.1) is 23.8 Å². The number of hydrogen-bond donors (Lipinski definition) is 1. The van der Waals surface area contributed by atoms with Gasteiger partial charge in [-0.1, -0.05) is 42.1 Å². The number of nitro benzene ring substituents is 1. The molecular weight excluding hydrogens is 432 g/mol. The van der Waals surface area contributed by atoms with Crippen molar-refractivity contribution in [2.24, 2.45) is 0 Å². The van der Waals surface area contributed by atoms with Gasteiger partial charge in [0, 0.05) is 31.3 Å². The van der Waals surface area contributed by atoms with E-state index in [0.717, 1.165) is 24.7 Å². The number of carbonyl (C=O) groups is 1. The average Bonchev–Trinajstić information content (AvgIpc) is 3.24. The zero-order valence-corrected chi connectivity index (χ0v) is 18.0. The maximum Gasteiger partial charge on any atom is 0.292 e. The predicted octanol–water partition coefficient (Wildman–Crippen LogP) is 3.13. The van der Waals surface area contributed by atoms with Crippen LogP contribution >= 0.6 is 11.8 Å². The van der Waals surface area contributed by atoms with Crippen molar-refractivity contribution in [3.8, 4) is 5.69 Å². The molecule has 0 radical (unpaired) electrons. The third-order valence-corrected chi connectivity index (χ3v) is 5.79. The summed E-state index contributed by atoms with van der Waals surface area (Å²) >= 11 is 1.41. The zero-order chi connectivity index (χ0) is 22.3. The molecule has 2 aromatic carbocycles. The number of carbonyl (C=O) groups excluding carboxylic acids is 1. The fourth-order valence-electron chi connectivity index (χ4n) is 3.31. The van der Waals surface area contributed by atoms with Crippen LogP contribution < -0.4 is 10.2 Å². The Kier molecular flexibility index (Phi) is 6.97. The number of morpholine rings is 1. The van der Waals surface area contributed by atoms with E-state index in [-0.39, 0.29) is 23.7 Å². The number of rotatable bonds is 8. The van der Waals surface area contributed by atoms with E-state index in [0.29, 0.717) is 24.1 Å². The molecule has 4 rings (SSSR count). The lowest BCUT2D eigenvalue weighted by atomic mass is 10.2. The van der Waals surface area contributed by atoms with E-state index in [1.165, 1.54) is 23.9 Å². The molecule has 166 valence electrons. The van der Waals surface area contributed by atoms with E-state index in [1.807, 2.05) is 34.9 Å². The van der Waals surface area contributed by atoms with Crippen molar-refractivity contribution in [1.82, 2.24) is 14.8 Å². The number of amides is 1. The summed E-state index contributed by atoms with van der Waals surface area (Å²) < 4.78 is 7.43. The number of nitrogens with one attached hydrogen (secondary N) is 1. The highest BCUT2D eigenvalue weighted by molar-refractivity contribution is 7.99. The Labute approximate surface area is 188 Å². The van der Waals surface area contributed by atoms with Gasteiger partial charge < -0.3 is 15.0 Å². The summed E-state index contributed by atoms with van der Waals surface area (Å²) in [5.41, 5.74) is 0.993.